The van der Waals surface area contributed by atoms with Crippen molar-refractivity contribution >= 4 is 28.7 Å². The van der Waals surface area contributed by atoms with E-state index in [1.807, 2.05) is 0 Å². The van der Waals surface area contributed by atoms with Crippen molar-refractivity contribution < 1.29 is 37.8 Å². The van der Waals surface area contributed by atoms with Crippen LogP contribution in [-0.4, -0.2) is 38.6 Å². The number of carbonyl (C=O) groups excluding carboxylic acids is 2. The molecular weight excluding hydrogens is 417 g/mol. The highest BCUT2D eigenvalue weighted by Gasteiger charge is 2.26. The van der Waals surface area contributed by atoms with Crippen LogP contribution in [0.5, 0.6) is 5.75 Å². The van der Waals surface area contributed by atoms with Gasteiger partial charge in [-0.15, -0.1) is 0 Å². The lowest BCUT2D eigenvalue weighted by Crippen LogP contribution is -2.39. The van der Waals surface area contributed by atoms with E-state index in [1.165, 1.54) is 19.9 Å². The number of phenolic OH excluding ortho intramolecular Hbond substituents is 1. The van der Waals surface area contributed by atoms with Crippen molar-refractivity contribution in [3.05, 3.63) is 64.6 Å². The first kappa shape index (κ1) is 21.9. The number of aliphatic carboxylic acids is 1. The highest BCUT2D eigenvalue weighted by Crippen LogP contribution is 2.33. The number of aromatic hydroxyl groups is 1. The number of benzene rings is 2. The number of carbonyl (C=O) groups is 3. The number of hydrogen-bond donors (Lipinski definition) is 3. The monoisotopic (exact) mass is 434 g/mol. The fourth-order valence-electron chi connectivity index (χ4n) is 3.28. The van der Waals surface area contributed by atoms with Crippen LogP contribution in [0.4, 0.5) is 13.2 Å². The highest BCUT2D eigenvalue weighted by atomic mass is 19.2. The summed E-state index contributed by atoms with van der Waals surface area (Å²) in [7, 11) is 0. The zero-order valence-corrected chi connectivity index (χ0v) is 16.4. The Bertz CT molecular complexity index is 1240. The molecule has 2 aromatic carbocycles. The van der Waals surface area contributed by atoms with E-state index >= 15 is 0 Å². The number of nitrogens with one attached hydrogen (secondary N) is 1. The molecule has 1 amide bonds. The molecule has 162 valence electrons. The van der Waals surface area contributed by atoms with Crippen molar-refractivity contribution in [2.24, 2.45) is 0 Å². The molecule has 31 heavy (non-hydrogen) atoms. The van der Waals surface area contributed by atoms with Gasteiger partial charge >= 0.3 is 5.97 Å². The van der Waals surface area contributed by atoms with Crippen molar-refractivity contribution in [3.8, 4) is 5.75 Å². The van der Waals surface area contributed by atoms with Crippen molar-refractivity contribution in [2.75, 3.05) is 0 Å². The van der Waals surface area contributed by atoms with E-state index in [4.69, 9.17) is 5.11 Å². The number of nitrogens with zero attached hydrogens (tertiary/aromatic N) is 1. The van der Waals surface area contributed by atoms with E-state index < -0.39 is 53.4 Å². The normalized spacial score (nSPS) is 12.0. The van der Waals surface area contributed by atoms with Gasteiger partial charge in [0.05, 0.1) is 11.9 Å². The molecule has 0 radical (unpaired) electrons. The molecule has 10 heteroatoms. The average molecular weight is 434 g/mol. The van der Waals surface area contributed by atoms with E-state index in [-0.39, 0.29) is 27.7 Å². The van der Waals surface area contributed by atoms with E-state index in [9.17, 15) is 32.7 Å². The summed E-state index contributed by atoms with van der Waals surface area (Å²) in [5, 5.41) is 20.7. The predicted octanol–water partition coefficient (Wildman–Crippen LogP) is 2.89. The molecule has 3 rings (SSSR count). The Hall–Kier alpha value is -3.82. The Morgan fingerprint density at radius 3 is 2.39 bits per heavy atom. The van der Waals surface area contributed by atoms with Crippen molar-refractivity contribution in [1.29, 1.82) is 0 Å². The molecule has 0 fully saturated rings. The minimum absolute atomic E-state index is 0.00313. The Morgan fingerprint density at radius 1 is 1.10 bits per heavy atom. The van der Waals surface area contributed by atoms with Gasteiger partial charge in [-0.25, -0.2) is 13.2 Å². The summed E-state index contributed by atoms with van der Waals surface area (Å²) in [4.78, 5) is 36.3. The maximum absolute atomic E-state index is 14.8. The summed E-state index contributed by atoms with van der Waals surface area (Å²) in [5.41, 5.74) is -0.0683. The molecule has 0 aliphatic carbocycles. The van der Waals surface area contributed by atoms with Gasteiger partial charge in [-0.3, -0.25) is 19.0 Å². The smallest absolute Gasteiger partial charge is 0.325 e. The Balaban J connectivity index is 2.15. The summed E-state index contributed by atoms with van der Waals surface area (Å²) in [6, 6.07) is 3.59. The fourth-order valence-corrected chi connectivity index (χ4v) is 3.28. The van der Waals surface area contributed by atoms with E-state index in [0.717, 1.165) is 22.8 Å². The van der Waals surface area contributed by atoms with Gasteiger partial charge in [0.15, 0.2) is 23.2 Å². The lowest BCUT2D eigenvalue weighted by Gasteiger charge is -2.10. The second kappa shape index (κ2) is 8.13. The number of carboxylic acids is 1. The topological polar surface area (TPSA) is 109 Å². The maximum atomic E-state index is 14.8. The van der Waals surface area contributed by atoms with Crippen LogP contribution in [0, 0.1) is 24.4 Å². The standard InChI is InChI=1S/C21H17F3N2O5/c1-9(21(30)31)25-17(28)8-12-10(2)26(15-5-6-16(27)19(24)18(12)15)20(29)11-3-4-13(22)14(23)7-11/h3-7,9,27H,8H2,1-2H3,(H,25,28)(H,30,31). The molecule has 0 saturated carbocycles. The zero-order valence-electron chi connectivity index (χ0n) is 16.4. The van der Waals surface area contributed by atoms with Gasteiger partial charge in [-0.2, -0.15) is 0 Å². The largest absolute Gasteiger partial charge is 0.505 e. The molecule has 1 aromatic heterocycles. The summed E-state index contributed by atoms with van der Waals surface area (Å²) in [5.74, 6) is -7.02. The minimum atomic E-state index is -1.27. The quantitative estimate of drug-likeness (QED) is 0.572. The number of phenols is 1. The number of amides is 1. The lowest BCUT2D eigenvalue weighted by atomic mass is 10.1. The average Bonchev–Trinajstić information content (AvgIpc) is 2.98. The van der Waals surface area contributed by atoms with Crippen LogP contribution >= 0.6 is 0 Å². The third-order valence-corrected chi connectivity index (χ3v) is 4.87. The predicted molar refractivity (Wildman–Crippen MR) is 103 cm³/mol. The first-order valence-electron chi connectivity index (χ1n) is 9.06. The van der Waals surface area contributed by atoms with Crippen molar-refractivity contribution in [1.82, 2.24) is 9.88 Å². The summed E-state index contributed by atoms with van der Waals surface area (Å²) < 4.78 is 42.7. The van der Waals surface area contributed by atoms with E-state index in [0.29, 0.717) is 6.07 Å². The summed E-state index contributed by atoms with van der Waals surface area (Å²) in [6.45, 7) is 2.66. The van der Waals surface area contributed by atoms with Crippen LogP contribution in [0.25, 0.3) is 10.9 Å². The summed E-state index contributed by atoms with van der Waals surface area (Å²) in [6.07, 6.45) is -0.488. The SMILES string of the molecule is Cc1c(CC(=O)NC(C)C(=O)O)c2c(F)c(O)ccc2n1C(=O)c1ccc(F)c(F)c1. The molecule has 0 saturated heterocycles. The number of hydrogen-bond acceptors (Lipinski definition) is 4. The van der Waals surface area contributed by atoms with Gasteiger partial charge in [-0.05, 0) is 49.7 Å². The molecule has 0 aliphatic rings. The molecule has 3 N–H and O–H groups in total. The minimum Gasteiger partial charge on any atom is -0.505 e. The van der Waals surface area contributed by atoms with Crippen LogP contribution in [0.2, 0.25) is 0 Å². The first-order chi connectivity index (χ1) is 14.5. The summed E-state index contributed by atoms with van der Waals surface area (Å²) >= 11 is 0. The van der Waals surface area contributed by atoms with Gasteiger partial charge in [0.1, 0.15) is 6.04 Å². The molecular formula is C21H17F3N2O5. The molecule has 0 aliphatic heterocycles. The number of halogens is 3. The molecule has 0 spiro atoms. The fraction of sp³-hybridized carbons (Fsp3) is 0.190. The van der Waals surface area contributed by atoms with E-state index in [2.05, 4.69) is 5.32 Å². The Labute approximate surface area is 173 Å². The molecule has 1 heterocycles. The number of aromatic nitrogens is 1. The Morgan fingerprint density at radius 2 is 1.77 bits per heavy atom. The van der Waals surface area contributed by atoms with Gasteiger partial charge in [0, 0.05) is 16.6 Å². The number of fused-ring (bicyclic) bond motifs is 1. The highest BCUT2D eigenvalue weighted by molar-refractivity contribution is 6.05. The number of carboxylic acid groups (broad SMARTS) is 1. The van der Waals surface area contributed by atoms with Gasteiger partial charge in [-0.1, -0.05) is 0 Å². The third kappa shape index (κ3) is 3.96. The first-order valence-corrected chi connectivity index (χ1v) is 9.06. The second-order valence-electron chi connectivity index (χ2n) is 6.93. The van der Waals surface area contributed by atoms with Crippen molar-refractivity contribution in [3.63, 3.8) is 0 Å². The molecule has 3 aromatic rings. The molecule has 0 bridgehead atoms. The van der Waals surface area contributed by atoms with Crippen LogP contribution in [0.3, 0.4) is 0 Å². The lowest BCUT2D eigenvalue weighted by molar-refractivity contribution is -0.141. The number of rotatable bonds is 5. The van der Waals surface area contributed by atoms with E-state index in [1.54, 1.807) is 0 Å². The third-order valence-electron chi connectivity index (χ3n) is 4.87. The molecule has 1 unspecified atom stereocenters. The van der Waals surface area contributed by atoms with Gasteiger partial charge < -0.3 is 15.5 Å². The van der Waals surface area contributed by atoms with Crippen LogP contribution in [0.15, 0.2) is 30.3 Å². The van der Waals surface area contributed by atoms with Crippen molar-refractivity contribution in [2.45, 2.75) is 26.3 Å². The van der Waals surface area contributed by atoms with Crippen LogP contribution in [0.1, 0.15) is 28.5 Å². The molecule has 1 atom stereocenters. The second-order valence-corrected chi connectivity index (χ2v) is 6.93. The molecule has 7 nitrogen and oxygen atoms in total. The van der Waals surface area contributed by atoms with Gasteiger partial charge in [0.25, 0.3) is 5.91 Å². The zero-order chi connectivity index (χ0) is 23.0. The van der Waals surface area contributed by atoms with Crippen LogP contribution < -0.4 is 5.32 Å². The van der Waals surface area contributed by atoms with Crippen LogP contribution in [-0.2, 0) is 16.0 Å². The Kier molecular flexibility index (Phi) is 5.74. The maximum Gasteiger partial charge on any atom is 0.325 e. The van der Waals surface area contributed by atoms with Gasteiger partial charge in [0.2, 0.25) is 5.91 Å².